The van der Waals surface area contributed by atoms with E-state index in [1.165, 1.54) is 16.7 Å². The minimum Gasteiger partial charge on any atom is -0.493 e. The van der Waals surface area contributed by atoms with Crippen LogP contribution in [-0.4, -0.2) is 31.0 Å². The van der Waals surface area contributed by atoms with Gasteiger partial charge in [0.15, 0.2) is 0 Å². The van der Waals surface area contributed by atoms with Gasteiger partial charge in [0.05, 0.1) is 23.5 Å². The topological polar surface area (TPSA) is 57.2 Å². The quantitative estimate of drug-likeness (QED) is 0.119. The second-order valence-corrected chi connectivity index (χ2v) is 12.5. The van der Waals surface area contributed by atoms with E-state index in [9.17, 15) is 0 Å². The van der Waals surface area contributed by atoms with Gasteiger partial charge in [-0.3, -0.25) is 9.20 Å². The maximum absolute atomic E-state index is 5.86. The normalized spacial score (nSPS) is 11.6. The average molecular weight is 837 g/mol. The number of ether oxygens (including phenoxy) is 1. The molecule has 0 fully saturated rings. The smallest absolute Gasteiger partial charge is 0.493 e. The molecule has 0 amide bonds. The predicted octanol–water partition coefficient (Wildman–Crippen LogP) is 10.2. The third-order valence-corrected chi connectivity index (χ3v) is 9.01. The van der Waals surface area contributed by atoms with Gasteiger partial charge in [0.2, 0.25) is 0 Å². The van der Waals surface area contributed by atoms with E-state index in [4.69, 9.17) is 9.84 Å². The summed E-state index contributed by atoms with van der Waals surface area (Å²) in [6, 6.07) is 43.6. The van der Waals surface area contributed by atoms with E-state index in [1.807, 2.05) is 64.7 Å². The molecule has 1 unspecified atom stereocenters. The van der Waals surface area contributed by atoms with Crippen molar-refractivity contribution in [2.24, 2.45) is 5.92 Å². The number of nitrogens with zero attached hydrogens (tertiary/aromatic N) is 5. The molecule has 0 aliphatic carbocycles. The van der Waals surface area contributed by atoms with Crippen LogP contribution in [0.1, 0.15) is 37.4 Å². The number of aryl methyl sites for hydroxylation is 2. The molecule has 0 aliphatic heterocycles. The second-order valence-electron chi connectivity index (χ2n) is 12.5. The van der Waals surface area contributed by atoms with E-state index in [0.717, 1.165) is 74.4 Å². The molecule has 7 heteroatoms. The van der Waals surface area contributed by atoms with Gasteiger partial charge in [-0.1, -0.05) is 87.1 Å². The Morgan fingerprint density at radius 1 is 0.800 bits per heavy atom. The summed E-state index contributed by atoms with van der Waals surface area (Å²) in [7, 11) is 0. The summed E-state index contributed by atoms with van der Waals surface area (Å²) in [5.74, 6) is 1.49. The van der Waals surface area contributed by atoms with Crippen LogP contribution in [0, 0.1) is 38.8 Å². The fourth-order valence-corrected chi connectivity index (χ4v) is 6.33. The van der Waals surface area contributed by atoms with Gasteiger partial charge in [0.25, 0.3) is 0 Å². The number of pyridine rings is 2. The van der Waals surface area contributed by atoms with Crippen molar-refractivity contribution in [3.8, 4) is 33.7 Å². The number of aromatic nitrogens is 5. The first-order valence-electron chi connectivity index (χ1n) is 16.8. The van der Waals surface area contributed by atoms with Gasteiger partial charge in [0.1, 0.15) is 5.75 Å². The zero-order valence-electron chi connectivity index (χ0n) is 28.9. The summed E-state index contributed by atoms with van der Waals surface area (Å²) in [5.41, 5.74) is 11.7. The van der Waals surface area contributed by atoms with E-state index in [2.05, 4.69) is 111 Å². The summed E-state index contributed by atoms with van der Waals surface area (Å²) in [6.07, 6.45) is 2.93. The number of rotatable bonds is 7. The zero-order chi connectivity index (χ0) is 33.9. The minimum absolute atomic E-state index is 0. The van der Waals surface area contributed by atoms with Crippen LogP contribution in [-0.2, 0) is 21.1 Å². The van der Waals surface area contributed by atoms with Gasteiger partial charge in [-0.05, 0) is 89.1 Å². The monoisotopic (exact) mass is 836 g/mol. The first-order valence-corrected chi connectivity index (χ1v) is 16.8. The van der Waals surface area contributed by atoms with Crippen LogP contribution in [0.2, 0.25) is 0 Å². The van der Waals surface area contributed by atoms with E-state index in [0.29, 0.717) is 5.92 Å². The molecule has 0 aliphatic rings. The van der Waals surface area contributed by atoms with E-state index >= 15 is 0 Å². The number of benzene rings is 4. The third-order valence-electron chi connectivity index (χ3n) is 9.01. The molecule has 4 heterocycles. The van der Waals surface area contributed by atoms with Crippen molar-refractivity contribution in [2.45, 2.75) is 41.0 Å². The molecule has 4 aromatic carbocycles. The Bertz CT molecular complexity index is 2360. The molecule has 0 spiro atoms. The van der Waals surface area contributed by atoms with E-state index < -0.39 is 0 Å². The summed E-state index contributed by atoms with van der Waals surface area (Å²) in [5, 5.41) is 11.7. The molecule has 50 heavy (non-hydrogen) atoms. The van der Waals surface area contributed by atoms with Crippen LogP contribution in [0.15, 0.2) is 115 Å². The molecule has 1 atom stereocenters. The molecular weight excluding hydrogens is 798 g/mol. The van der Waals surface area contributed by atoms with Crippen molar-refractivity contribution in [1.29, 1.82) is 0 Å². The van der Waals surface area contributed by atoms with Gasteiger partial charge < -0.3 is 9.72 Å². The summed E-state index contributed by atoms with van der Waals surface area (Å²) in [6.45, 7) is 11.3. The molecule has 252 valence electrons. The predicted molar refractivity (Wildman–Crippen MR) is 199 cm³/mol. The molecular formula is C43H39N5OPt. The van der Waals surface area contributed by atoms with E-state index in [-0.39, 0.29) is 21.1 Å². The molecule has 8 rings (SSSR count). The van der Waals surface area contributed by atoms with Gasteiger partial charge in [-0.15, -0.1) is 6.07 Å². The number of para-hydroxylation sites is 1. The maximum Gasteiger partial charge on any atom is 2.00 e. The Morgan fingerprint density at radius 2 is 1.58 bits per heavy atom. The van der Waals surface area contributed by atoms with Crippen molar-refractivity contribution in [3.05, 3.63) is 145 Å². The van der Waals surface area contributed by atoms with Crippen molar-refractivity contribution in [2.75, 3.05) is 6.61 Å². The summed E-state index contributed by atoms with van der Waals surface area (Å²) < 4.78 is 9.77. The number of hydrogen-bond acceptors (Lipinski definition) is 4. The second kappa shape index (κ2) is 15.2. The van der Waals surface area contributed by atoms with Crippen molar-refractivity contribution in [3.63, 3.8) is 0 Å². The maximum atomic E-state index is 5.86. The SMILES string of the molecule is CCC(C)COc1ccc(-c2c(C)nn(-c3[c-]cccc3)c2C)cc1.Cc1cc2c3cccc(-c4ccccc4)c3c3ncc[c-]c3n2n1.[Pt+2]. The summed E-state index contributed by atoms with van der Waals surface area (Å²) >= 11 is 0. The van der Waals surface area contributed by atoms with Gasteiger partial charge >= 0.3 is 21.1 Å². The average Bonchev–Trinajstić information content (AvgIpc) is 3.69. The molecule has 0 saturated carbocycles. The fraction of sp³-hybridized carbons (Fsp3) is 0.186. The first-order chi connectivity index (χ1) is 23.9. The zero-order valence-corrected chi connectivity index (χ0v) is 31.2. The van der Waals surface area contributed by atoms with Crippen molar-refractivity contribution in [1.82, 2.24) is 24.4 Å². The largest absolute Gasteiger partial charge is 2.00 e. The molecule has 0 N–H and O–H groups in total. The fourth-order valence-electron chi connectivity index (χ4n) is 6.33. The van der Waals surface area contributed by atoms with Crippen LogP contribution in [0.3, 0.4) is 0 Å². The Balaban J connectivity index is 0.000000169. The molecule has 0 saturated heterocycles. The molecule has 4 aromatic heterocycles. The molecule has 8 aromatic rings. The Labute approximate surface area is 308 Å². The molecule has 6 nitrogen and oxygen atoms in total. The first kappa shape index (κ1) is 34.8. The Morgan fingerprint density at radius 3 is 2.32 bits per heavy atom. The van der Waals surface area contributed by atoms with Crippen molar-refractivity contribution >= 4 is 27.3 Å². The van der Waals surface area contributed by atoms with Gasteiger partial charge in [0, 0.05) is 11.3 Å². The third kappa shape index (κ3) is 6.86. The standard InChI is InChI=1S/C22H25N2O.C21H14N3.Pt/c1-5-16(2)15-25-21-13-11-19(12-14-21)22-17(3)23-24(18(22)4)20-9-7-6-8-10-20;1-14-13-19-17-10-5-9-16(15-7-3-2-4-8-15)20(17)21-18(24(19)23-14)11-6-12-22-21;/h6-9,11-14,16H,5,15H2,1-4H3;2-10,12-13H,1H3;/q2*-1;+2. The minimum atomic E-state index is 0. The van der Waals surface area contributed by atoms with E-state index in [1.54, 1.807) is 6.20 Å². The van der Waals surface area contributed by atoms with Crippen LogP contribution >= 0.6 is 0 Å². The van der Waals surface area contributed by atoms with Gasteiger partial charge in [-0.2, -0.15) is 46.6 Å². The van der Waals surface area contributed by atoms with Crippen LogP contribution in [0.25, 0.3) is 55.3 Å². The summed E-state index contributed by atoms with van der Waals surface area (Å²) in [4.78, 5) is 4.66. The van der Waals surface area contributed by atoms with Crippen molar-refractivity contribution < 1.29 is 25.8 Å². The molecule has 0 bridgehead atoms. The van der Waals surface area contributed by atoms with Gasteiger partial charge in [-0.25, -0.2) is 0 Å². The molecule has 0 radical (unpaired) electrons. The number of hydrogen-bond donors (Lipinski definition) is 0. The Kier molecular flexibility index (Phi) is 10.6. The van der Waals surface area contributed by atoms with Crippen LogP contribution < -0.4 is 4.74 Å². The Hall–Kier alpha value is -5.06. The van der Waals surface area contributed by atoms with Crippen LogP contribution in [0.5, 0.6) is 5.75 Å². The van der Waals surface area contributed by atoms with Crippen LogP contribution in [0.4, 0.5) is 0 Å². The number of fused-ring (bicyclic) bond motifs is 6.